The van der Waals surface area contributed by atoms with Crippen molar-refractivity contribution in [3.8, 4) is 5.75 Å². The molecule has 1 N–H and O–H groups in total. The molecule has 0 bridgehead atoms. The van der Waals surface area contributed by atoms with E-state index in [-0.39, 0.29) is 36.7 Å². The first-order chi connectivity index (χ1) is 19.1. The number of likely N-dealkylation sites (tertiary alicyclic amines) is 1. The number of aryl methyl sites for hydroxylation is 1. The molecule has 2 aliphatic rings. The van der Waals surface area contributed by atoms with Gasteiger partial charge in [0.1, 0.15) is 11.9 Å². The number of aromatic nitrogens is 4. The Morgan fingerprint density at radius 2 is 1.80 bits per heavy atom. The minimum Gasteiger partial charge on any atom is -0.478 e. The zero-order valence-electron chi connectivity index (χ0n) is 23.2. The number of nitrogens with zero attached hydrogens (tertiary/aromatic N) is 6. The maximum absolute atomic E-state index is 15.7. The molecule has 14 heteroatoms. The van der Waals surface area contributed by atoms with E-state index in [1.54, 1.807) is 32.9 Å². The van der Waals surface area contributed by atoms with Crippen LogP contribution in [0.5, 0.6) is 5.75 Å². The summed E-state index contributed by atoms with van der Waals surface area (Å²) in [7, 11) is 1.30. The first kappa shape index (κ1) is 28.2. The quantitative estimate of drug-likeness (QED) is 0.485. The molecule has 0 radical (unpaired) electrons. The monoisotopic (exact) mass is 573 g/mol. The van der Waals surface area contributed by atoms with Crippen LogP contribution in [-0.2, 0) is 23.4 Å². The molecule has 0 unspecified atom stereocenters. The molecule has 1 atom stereocenters. The van der Waals surface area contributed by atoms with Gasteiger partial charge >= 0.3 is 18.0 Å². The van der Waals surface area contributed by atoms with E-state index in [0.29, 0.717) is 5.75 Å². The van der Waals surface area contributed by atoms with Crippen molar-refractivity contribution in [3.63, 3.8) is 0 Å². The summed E-state index contributed by atoms with van der Waals surface area (Å²) in [5, 5.41) is 9.48. The van der Waals surface area contributed by atoms with Crippen LogP contribution in [0.2, 0.25) is 0 Å². The van der Waals surface area contributed by atoms with Crippen molar-refractivity contribution in [2.24, 2.45) is 7.05 Å². The van der Waals surface area contributed by atoms with Crippen molar-refractivity contribution in [1.82, 2.24) is 24.6 Å². The molecule has 3 amide bonds. The first-order valence-electron chi connectivity index (χ1n) is 12.8. The van der Waals surface area contributed by atoms with Gasteiger partial charge in [-0.15, -0.1) is 10.2 Å². The molecule has 2 aromatic heterocycles. The van der Waals surface area contributed by atoms with Gasteiger partial charge in [0.05, 0.1) is 19.6 Å². The summed E-state index contributed by atoms with van der Waals surface area (Å²) in [4.78, 5) is 33.1. The molecule has 218 valence electrons. The van der Waals surface area contributed by atoms with Gasteiger partial charge in [0.25, 0.3) is 0 Å². The minimum absolute atomic E-state index is 0.0485. The Labute approximate surface area is 234 Å². The van der Waals surface area contributed by atoms with Crippen molar-refractivity contribution < 1.29 is 32.2 Å². The van der Waals surface area contributed by atoms with Gasteiger partial charge in [0.2, 0.25) is 11.5 Å². The van der Waals surface area contributed by atoms with E-state index in [9.17, 15) is 9.59 Å². The molecule has 0 aliphatic carbocycles. The van der Waals surface area contributed by atoms with Crippen molar-refractivity contribution in [1.29, 1.82) is 0 Å². The number of fused-ring (bicyclic) bond motifs is 1. The molecule has 1 spiro atoms. The van der Waals surface area contributed by atoms with Gasteiger partial charge in [-0.3, -0.25) is 9.80 Å². The van der Waals surface area contributed by atoms with E-state index < -0.39 is 40.7 Å². The maximum Gasteiger partial charge on any atom is 0.410 e. The maximum atomic E-state index is 15.7. The van der Waals surface area contributed by atoms with Crippen LogP contribution in [0.25, 0.3) is 0 Å². The number of hydrogen-bond donors (Lipinski definition) is 1. The molecular weight excluding hydrogens is 543 g/mol. The number of amides is 3. The third-order valence-corrected chi connectivity index (χ3v) is 6.87. The predicted octanol–water partition coefficient (Wildman–Crippen LogP) is 4.61. The molecule has 1 aromatic carbocycles. The largest absolute Gasteiger partial charge is 0.478 e. The lowest BCUT2D eigenvalue weighted by Gasteiger charge is -2.52. The summed E-state index contributed by atoms with van der Waals surface area (Å²) in [5.74, 6) is -4.28. The van der Waals surface area contributed by atoms with E-state index in [1.807, 2.05) is 0 Å². The van der Waals surface area contributed by atoms with Gasteiger partial charge in [-0.05, 0) is 57.5 Å². The van der Waals surface area contributed by atoms with Gasteiger partial charge in [-0.2, -0.15) is 8.78 Å². The van der Waals surface area contributed by atoms with Crippen LogP contribution < -0.4 is 15.0 Å². The Kier molecular flexibility index (Phi) is 6.62. The lowest BCUT2D eigenvalue weighted by molar-refractivity contribution is -0.149. The van der Waals surface area contributed by atoms with Crippen molar-refractivity contribution in [3.05, 3.63) is 60.3 Å². The van der Waals surface area contributed by atoms with Crippen LogP contribution >= 0.6 is 0 Å². The number of carbonyl (C=O) groups excluding carboxylic acids is 2. The molecule has 2 aliphatic heterocycles. The van der Waals surface area contributed by atoms with Crippen LogP contribution in [0.4, 0.5) is 34.3 Å². The molecule has 11 nitrogen and oxygen atoms in total. The second-order valence-electron chi connectivity index (χ2n) is 11.4. The summed E-state index contributed by atoms with van der Waals surface area (Å²) < 4.78 is 58.7. The highest BCUT2D eigenvalue weighted by Gasteiger charge is 2.57. The molecule has 0 saturated carbocycles. The zero-order chi connectivity index (χ0) is 29.8. The first-order valence-corrected chi connectivity index (χ1v) is 12.8. The highest BCUT2D eigenvalue weighted by atomic mass is 19.3. The molecule has 5 rings (SSSR count). The number of ether oxygens (including phenoxy) is 2. The van der Waals surface area contributed by atoms with Crippen LogP contribution in [0.15, 0.2) is 48.9 Å². The summed E-state index contributed by atoms with van der Waals surface area (Å²) in [6.45, 7) is 6.45. The smallest absolute Gasteiger partial charge is 0.410 e. The highest BCUT2D eigenvalue weighted by Crippen LogP contribution is 2.48. The van der Waals surface area contributed by atoms with E-state index in [1.165, 1.54) is 41.2 Å². The van der Waals surface area contributed by atoms with Crippen molar-refractivity contribution in [2.45, 2.75) is 50.5 Å². The number of urea groups is 1. The molecular formula is C27H30F3N7O4. The normalized spacial score (nSPS) is 17.7. The summed E-state index contributed by atoms with van der Waals surface area (Å²) in [6, 6.07) is 7.85. The fraction of sp³-hybridized carbons (Fsp3) is 0.444. The van der Waals surface area contributed by atoms with Crippen molar-refractivity contribution >= 4 is 23.6 Å². The van der Waals surface area contributed by atoms with Crippen LogP contribution in [0.1, 0.15) is 39.1 Å². The number of nitrogens with one attached hydrogen (secondary N) is 1. The summed E-state index contributed by atoms with van der Waals surface area (Å²) in [6.07, 6.45) is 2.06. The van der Waals surface area contributed by atoms with Crippen LogP contribution in [-0.4, -0.2) is 67.6 Å². The average molecular weight is 574 g/mol. The second kappa shape index (κ2) is 9.63. The average Bonchev–Trinajstić information content (AvgIpc) is 3.32. The fourth-order valence-corrected chi connectivity index (χ4v) is 4.77. The molecule has 4 heterocycles. The second-order valence-corrected chi connectivity index (χ2v) is 11.4. The summed E-state index contributed by atoms with van der Waals surface area (Å²) >= 11 is 0. The third kappa shape index (κ3) is 5.13. The van der Waals surface area contributed by atoms with E-state index in [2.05, 4.69) is 20.5 Å². The number of pyridine rings is 1. The Hall–Kier alpha value is -4.36. The van der Waals surface area contributed by atoms with E-state index in [4.69, 9.17) is 9.47 Å². The Morgan fingerprint density at radius 1 is 1.07 bits per heavy atom. The Bertz CT molecular complexity index is 1480. The number of hydrogen-bond acceptors (Lipinski definition) is 7. The number of benzene rings is 1. The van der Waals surface area contributed by atoms with Gasteiger partial charge in [-0.25, -0.2) is 19.0 Å². The van der Waals surface area contributed by atoms with Gasteiger partial charge in [0.15, 0.2) is 17.2 Å². The standard InChI is InChI=1S/C27H30F3N7O4/c1-24(2,3)41-23(39)36-13-26(14-36)15-37(20-19(40-26)10-7-11-31-20)22(38)33-18-9-6-8-17(12-18)25(4,28)27(29,30)21-34-32-16-35(21)5/h6-12,16H,13-15H2,1-5H3,(H,33,38)/t25-/m1/s1. The number of rotatable bonds is 4. The minimum atomic E-state index is -4.02. The molecule has 41 heavy (non-hydrogen) atoms. The SMILES string of the molecule is Cn1cnnc1C(F)(F)[C@](C)(F)c1cccc(NC(=O)N2CC3(CN(C(=O)OC(C)(C)C)C3)Oc3cccnc32)c1. The number of anilines is 2. The van der Waals surface area contributed by atoms with Gasteiger partial charge in [-0.1, -0.05) is 12.1 Å². The van der Waals surface area contributed by atoms with Crippen molar-refractivity contribution in [2.75, 3.05) is 29.9 Å². The van der Waals surface area contributed by atoms with Crippen LogP contribution in [0.3, 0.4) is 0 Å². The topological polar surface area (TPSA) is 115 Å². The Morgan fingerprint density at radius 3 is 2.46 bits per heavy atom. The number of halogens is 3. The molecule has 3 aromatic rings. The Balaban J connectivity index is 1.36. The highest BCUT2D eigenvalue weighted by molar-refractivity contribution is 6.02. The molecule has 1 fully saturated rings. The fourth-order valence-electron chi connectivity index (χ4n) is 4.77. The molecule has 1 saturated heterocycles. The lowest BCUT2D eigenvalue weighted by Crippen LogP contribution is -2.72. The predicted molar refractivity (Wildman–Crippen MR) is 142 cm³/mol. The number of alkyl halides is 3. The van der Waals surface area contributed by atoms with Gasteiger partial charge < -0.3 is 19.4 Å². The zero-order valence-corrected chi connectivity index (χ0v) is 23.2. The van der Waals surface area contributed by atoms with E-state index >= 15 is 13.2 Å². The van der Waals surface area contributed by atoms with Crippen LogP contribution in [0, 0.1) is 0 Å². The third-order valence-electron chi connectivity index (χ3n) is 6.87. The number of carbonyl (C=O) groups is 2. The summed E-state index contributed by atoms with van der Waals surface area (Å²) in [5.41, 5.74) is -5.03. The lowest BCUT2D eigenvalue weighted by atomic mass is 9.90. The van der Waals surface area contributed by atoms with E-state index in [0.717, 1.165) is 23.9 Å². The van der Waals surface area contributed by atoms with Gasteiger partial charge in [0, 0.05) is 18.9 Å².